The zero-order chi connectivity index (χ0) is 22.8. The van der Waals surface area contributed by atoms with Gasteiger partial charge in [0.2, 0.25) is 15.9 Å². The fourth-order valence-corrected chi connectivity index (χ4v) is 7.04. The molecule has 1 amide bonds. The summed E-state index contributed by atoms with van der Waals surface area (Å²) < 4.78 is 33.4. The molecule has 1 aromatic heterocycles. The molecule has 7 nitrogen and oxygen atoms in total. The van der Waals surface area contributed by atoms with Crippen LogP contribution in [0.5, 0.6) is 0 Å². The number of fused-ring (bicyclic) bond motifs is 1. The molecule has 0 radical (unpaired) electrons. The van der Waals surface area contributed by atoms with Crippen LogP contribution in [0.25, 0.3) is 10.2 Å². The number of likely N-dealkylation sites (tertiary alicyclic amines) is 1. The van der Waals surface area contributed by atoms with Crippen LogP contribution < -0.4 is 0 Å². The molecule has 3 aromatic rings. The average Bonchev–Trinajstić information content (AvgIpc) is 3.50. The number of benzene rings is 2. The number of morpholine rings is 1. The molecule has 5 rings (SSSR count). The van der Waals surface area contributed by atoms with Crippen LogP contribution in [-0.4, -0.2) is 61.4 Å². The number of aryl methyl sites for hydroxylation is 1. The second kappa shape index (κ2) is 9.50. The van der Waals surface area contributed by atoms with Crippen LogP contribution in [0.3, 0.4) is 0 Å². The molecule has 0 saturated carbocycles. The smallest absolute Gasteiger partial charge is 0.243 e. The van der Waals surface area contributed by atoms with Gasteiger partial charge in [0.1, 0.15) is 5.01 Å². The Bertz CT molecular complexity index is 1200. The van der Waals surface area contributed by atoms with Gasteiger partial charge in [0.15, 0.2) is 0 Å². The molecule has 2 aromatic carbocycles. The lowest BCUT2D eigenvalue weighted by atomic mass is 10.1. The van der Waals surface area contributed by atoms with Crippen molar-refractivity contribution in [3.05, 3.63) is 59.1 Å². The van der Waals surface area contributed by atoms with Crippen molar-refractivity contribution in [1.82, 2.24) is 14.2 Å². The molecule has 0 N–H and O–H groups in total. The second-order valence-corrected chi connectivity index (χ2v) is 11.4. The van der Waals surface area contributed by atoms with Gasteiger partial charge in [-0.05, 0) is 49.1 Å². The van der Waals surface area contributed by atoms with Gasteiger partial charge >= 0.3 is 0 Å². The molecular weight excluding hydrogens is 458 g/mol. The van der Waals surface area contributed by atoms with Crippen LogP contribution in [0, 0.1) is 0 Å². The van der Waals surface area contributed by atoms with Crippen molar-refractivity contribution in [2.45, 2.75) is 36.6 Å². The van der Waals surface area contributed by atoms with Crippen LogP contribution in [-0.2, 0) is 26.0 Å². The minimum Gasteiger partial charge on any atom is -0.379 e. The van der Waals surface area contributed by atoms with Crippen molar-refractivity contribution in [2.24, 2.45) is 0 Å². The number of carbonyl (C=O) groups excluding carboxylic acids is 1. The number of aromatic nitrogens is 1. The Kier molecular flexibility index (Phi) is 6.47. The second-order valence-electron chi connectivity index (χ2n) is 8.43. The summed E-state index contributed by atoms with van der Waals surface area (Å²) >= 11 is 1.67. The number of para-hydroxylation sites is 1. The van der Waals surface area contributed by atoms with Crippen LogP contribution in [0.15, 0.2) is 53.4 Å². The first-order valence-corrected chi connectivity index (χ1v) is 13.6. The van der Waals surface area contributed by atoms with Crippen molar-refractivity contribution in [1.29, 1.82) is 0 Å². The quantitative estimate of drug-likeness (QED) is 0.533. The minimum atomic E-state index is -3.50. The van der Waals surface area contributed by atoms with Crippen molar-refractivity contribution in [3.63, 3.8) is 0 Å². The summed E-state index contributed by atoms with van der Waals surface area (Å²) in [4.78, 5) is 20.1. The molecule has 0 aliphatic carbocycles. The van der Waals surface area contributed by atoms with Crippen LogP contribution in [0.1, 0.15) is 35.9 Å². The first-order chi connectivity index (χ1) is 16.0. The predicted molar refractivity (Wildman–Crippen MR) is 128 cm³/mol. The number of hydrogen-bond acceptors (Lipinski definition) is 6. The average molecular weight is 486 g/mol. The van der Waals surface area contributed by atoms with E-state index in [1.54, 1.807) is 23.5 Å². The Hall–Kier alpha value is -2.33. The SMILES string of the molecule is O=C(CCc1ccc(S(=O)(=O)N2CCOCC2)cc1)N1CCC[C@H]1c1nc2ccccc2s1. The Morgan fingerprint density at radius 3 is 2.58 bits per heavy atom. The topological polar surface area (TPSA) is 79.8 Å². The van der Waals surface area contributed by atoms with E-state index in [4.69, 9.17) is 9.72 Å². The predicted octanol–water partition coefficient (Wildman–Crippen LogP) is 3.61. The highest BCUT2D eigenvalue weighted by Crippen LogP contribution is 2.36. The molecule has 2 aliphatic rings. The summed E-state index contributed by atoms with van der Waals surface area (Å²) in [6.07, 6.45) is 2.91. The number of ether oxygens (including phenoxy) is 1. The van der Waals surface area contributed by atoms with E-state index in [1.807, 2.05) is 35.2 Å². The minimum absolute atomic E-state index is 0.0518. The van der Waals surface area contributed by atoms with Gasteiger partial charge in [-0.25, -0.2) is 13.4 Å². The van der Waals surface area contributed by atoms with E-state index in [-0.39, 0.29) is 16.8 Å². The molecule has 0 bridgehead atoms. The van der Waals surface area contributed by atoms with Crippen molar-refractivity contribution >= 4 is 37.5 Å². The maximum atomic E-state index is 13.0. The maximum absolute atomic E-state index is 13.0. The van der Waals surface area contributed by atoms with Gasteiger partial charge in [-0.2, -0.15) is 4.31 Å². The summed E-state index contributed by atoms with van der Waals surface area (Å²) in [6, 6.07) is 15.1. The Balaban J connectivity index is 1.22. The third-order valence-electron chi connectivity index (χ3n) is 6.33. The summed E-state index contributed by atoms with van der Waals surface area (Å²) in [5.74, 6) is 0.127. The van der Waals surface area contributed by atoms with E-state index in [0.29, 0.717) is 39.1 Å². The molecule has 1 atom stereocenters. The van der Waals surface area contributed by atoms with Gasteiger partial charge < -0.3 is 9.64 Å². The molecular formula is C24H27N3O4S2. The van der Waals surface area contributed by atoms with E-state index >= 15 is 0 Å². The van der Waals surface area contributed by atoms with Crippen molar-refractivity contribution in [3.8, 4) is 0 Å². The molecule has 2 fully saturated rings. The monoisotopic (exact) mass is 485 g/mol. The van der Waals surface area contributed by atoms with Gasteiger partial charge in [0, 0.05) is 26.1 Å². The summed E-state index contributed by atoms with van der Waals surface area (Å²) in [7, 11) is -3.50. The van der Waals surface area contributed by atoms with E-state index in [2.05, 4.69) is 6.07 Å². The fraction of sp³-hybridized carbons (Fsp3) is 0.417. The van der Waals surface area contributed by atoms with E-state index in [0.717, 1.165) is 40.2 Å². The maximum Gasteiger partial charge on any atom is 0.243 e. The fourth-order valence-electron chi connectivity index (χ4n) is 4.51. The van der Waals surface area contributed by atoms with Gasteiger partial charge in [0.05, 0.1) is 34.4 Å². The number of nitrogens with zero attached hydrogens (tertiary/aromatic N) is 3. The van der Waals surface area contributed by atoms with Gasteiger partial charge in [0.25, 0.3) is 0 Å². The Morgan fingerprint density at radius 2 is 1.82 bits per heavy atom. The number of rotatable bonds is 6. The molecule has 33 heavy (non-hydrogen) atoms. The van der Waals surface area contributed by atoms with Crippen molar-refractivity contribution < 1.29 is 17.9 Å². The van der Waals surface area contributed by atoms with E-state index in [1.165, 1.54) is 4.31 Å². The Morgan fingerprint density at radius 1 is 1.06 bits per heavy atom. The number of sulfonamides is 1. The molecule has 3 heterocycles. The summed E-state index contributed by atoms with van der Waals surface area (Å²) in [5.41, 5.74) is 1.95. The number of thiazole rings is 1. The lowest BCUT2D eigenvalue weighted by Crippen LogP contribution is -2.40. The Labute approximate surface area is 198 Å². The van der Waals surface area contributed by atoms with Crippen molar-refractivity contribution in [2.75, 3.05) is 32.8 Å². The molecule has 0 spiro atoms. The van der Waals surface area contributed by atoms with Crippen LogP contribution >= 0.6 is 11.3 Å². The molecule has 9 heteroatoms. The standard InChI is InChI=1S/C24H27N3O4S2/c28-23(27-13-3-5-21(27)24-25-20-4-1-2-6-22(20)32-24)12-9-18-7-10-19(11-8-18)33(29,30)26-14-16-31-17-15-26/h1-2,4,6-8,10-11,21H,3,5,9,12-17H2/t21-/m0/s1. The third kappa shape index (κ3) is 4.68. The van der Waals surface area contributed by atoms with E-state index < -0.39 is 10.0 Å². The highest BCUT2D eigenvalue weighted by molar-refractivity contribution is 7.89. The molecule has 0 unspecified atom stereocenters. The summed E-state index contributed by atoms with van der Waals surface area (Å²) in [5, 5.41) is 1.01. The third-order valence-corrected chi connectivity index (χ3v) is 9.38. The van der Waals surface area contributed by atoms with Crippen LogP contribution in [0.2, 0.25) is 0 Å². The highest BCUT2D eigenvalue weighted by atomic mass is 32.2. The van der Waals surface area contributed by atoms with Crippen LogP contribution in [0.4, 0.5) is 0 Å². The first kappa shape index (κ1) is 22.5. The molecule has 174 valence electrons. The highest BCUT2D eigenvalue weighted by Gasteiger charge is 2.32. The number of amides is 1. The lowest BCUT2D eigenvalue weighted by Gasteiger charge is -2.26. The molecule has 2 saturated heterocycles. The normalized spacial score (nSPS) is 19.9. The zero-order valence-corrected chi connectivity index (χ0v) is 20.0. The first-order valence-electron chi connectivity index (χ1n) is 11.3. The number of carbonyl (C=O) groups is 1. The van der Waals surface area contributed by atoms with Gasteiger partial charge in [-0.1, -0.05) is 24.3 Å². The largest absolute Gasteiger partial charge is 0.379 e. The van der Waals surface area contributed by atoms with Gasteiger partial charge in [-0.15, -0.1) is 11.3 Å². The van der Waals surface area contributed by atoms with E-state index in [9.17, 15) is 13.2 Å². The zero-order valence-electron chi connectivity index (χ0n) is 18.4. The molecule has 2 aliphatic heterocycles. The lowest BCUT2D eigenvalue weighted by molar-refractivity contribution is -0.132. The number of hydrogen-bond donors (Lipinski definition) is 0. The summed E-state index contributed by atoms with van der Waals surface area (Å²) in [6.45, 7) is 2.37. The van der Waals surface area contributed by atoms with Gasteiger partial charge in [-0.3, -0.25) is 4.79 Å².